The molecule has 0 radical (unpaired) electrons. The number of amides is 2. The molecule has 1 saturated heterocycles. The molecule has 0 spiro atoms. The maximum atomic E-state index is 14.7. The van der Waals surface area contributed by atoms with E-state index >= 15 is 0 Å². The smallest absolute Gasteiger partial charge is 0.457 e. The summed E-state index contributed by atoms with van der Waals surface area (Å²) in [4.78, 5) is 78.1. The van der Waals surface area contributed by atoms with Crippen LogP contribution in [0.3, 0.4) is 0 Å². The predicted molar refractivity (Wildman–Crippen MR) is 211 cm³/mol. The van der Waals surface area contributed by atoms with Crippen LogP contribution >= 0.6 is 7.75 Å². The summed E-state index contributed by atoms with van der Waals surface area (Å²) >= 11 is 0. The molecule has 1 fully saturated rings. The van der Waals surface area contributed by atoms with Crippen molar-refractivity contribution in [1.29, 1.82) is 0 Å². The molecule has 1 heterocycles. The number of carbonyl (C=O) groups is 6. The van der Waals surface area contributed by atoms with Gasteiger partial charge < -0.3 is 38.3 Å². The molecule has 2 amide bonds. The zero-order valence-electron chi connectivity index (χ0n) is 34.6. The number of nitrogens with zero attached hydrogens (tertiary/aromatic N) is 3. The number of azide groups is 1. The standard InChI is InChI=1S/C38H51N6O15P/c1-21(2)31(35(49)53-22(3)26-15-17-27(18-16-26)41-37(50)58-38(7,8)9)43-60(51,59-28-13-11-10-12-14-28)52-20-29-33(54-23(4)45)34(55-24(5)46)32(36(57-29)56-25(6)47)42-30(48)19-40-44-39/h10-18,21-22,29,31-34,36H,19-20H2,1-9H3,(H,41,50)(H,42,48)(H,43,51)/t22?,29-,31+,32+,33-,34-,36?,60?/m1/s1. The highest BCUT2D eigenvalue weighted by molar-refractivity contribution is 7.52. The summed E-state index contributed by atoms with van der Waals surface area (Å²) in [5, 5.41) is 10.9. The van der Waals surface area contributed by atoms with E-state index in [1.165, 1.54) is 12.1 Å². The van der Waals surface area contributed by atoms with Crippen LogP contribution < -0.4 is 20.2 Å². The molecule has 1 aliphatic heterocycles. The van der Waals surface area contributed by atoms with Gasteiger partial charge in [-0.05, 0) is 69.0 Å². The number of para-hydroxylation sites is 1. The van der Waals surface area contributed by atoms with Crippen molar-refractivity contribution in [3.8, 4) is 5.75 Å². The molecule has 0 aromatic heterocycles. The van der Waals surface area contributed by atoms with Crippen LogP contribution in [0.1, 0.15) is 74.0 Å². The van der Waals surface area contributed by atoms with Crippen molar-refractivity contribution in [2.75, 3.05) is 18.5 Å². The summed E-state index contributed by atoms with van der Waals surface area (Å²) in [5.74, 6) is -4.98. The van der Waals surface area contributed by atoms with Gasteiger partial charge in [0.05, 0.1) is 6.61 Å². The van der Waals surface area contributed by atoms with Crippen molar-refractivity contribution in [2.24, 2.45) is 11.0 Å². The van der Waals surface area contributed by atoms with Gasteiger partial charge in [0.25, 0.3) is 0 Å². The Morgan fingerprint density at radius 3 is 2.03 bits per heavy atom. The fraction of sp³-hybridized carbons (Fsp3) is 0.526. The number of hydrogen-bond acceptors (Lipinski definition) is 16. The van der Waals surface area contributed by atoms with Gasteiger partial charge in [-0.2, -0.15) is 5.09 Å². The molecule has 3 rings (SSSR count). The Bertz CT molecular complexity index is 1920. The van der Waals surface area contributed by atoms with Gasteiger partial charge in [0, 0.05) is 31.4 Å². The van der Waals surface area contributed by atoms with E-state index in [0.29, 0.717) is 11.3 Å². The number of ether oxygens (including phenoxy) is 6. The van der Waals surface area contributed by atoms with Gasteiger partial charge in [-0.1, -0.05) is 49.3 Å². The van der Waals surface area contributed by atoms with E-state index in [1.54, 1.807) is 84.0 Å². The highest BCUT2D eigenvalue weighted by Crippen LogP contribution is 2.46. The third-order valence-electron chi connectivity index (χ3n) is 8.05. The lowest BCUT2D eigenvalue weighted by Crippen LogP contribution is -2.67. The molecule has 1 aliphatic rings. The van der Waals surface area contributed by atoms with Crippen molar-refractivity contribution in [2.45, 2.75) is 111 Å². The molecule has 8 atom stereocenters. The molecule has 2 aromatic carbocycles. The lowest BCUT2D eigenvalue weighted by Gasteiger charge is -2.44. The summed E-state index contributed by atoms with van der Waals surface area (Å²) < 4.78 is 59.7. The first kappa shape index (κ1) is 48.6. The summed E-state index contributed by atoms with van der Waals surface area (Å²) in [6, 6.07) is 11.4. The Morgan fingerprint density at radius 1 is 0.883 bits per heavy atom. The van der Waals surface area contributed by atoms with Crippen LogP contribution in [-0.2, 0) is 61.5 Å². The Hall–Kier alpha value is -5.72. The van der Waals surface area contributed by atoms with Gasteiger partial charge in [-0.3, -0.25) is 33.8 Å². The second kappa shape index (κ2) is 22.0. The molecule has 22 heteroatoms. The van der Waals surface area contributed by atoms with Gasteiger partial charge in [-0.25, -0.2) is 9.36 Å². The first-order valence-electron chi connectivity index (χ1n) is 18.6. The highest BCUT2D eigenvalue weighted by Gasteiger charge is 2.53. The van der Waals surface area contributed by atoms with Crippen LogP contribution in [-0.4, -0.2) is 91.3 Å². The molecule has 3 unspecified atom stereocenters. The summed E-state index contributed by atoms with van der Waals surface area (Å²) in [6.07, 6.45) is -7.97. The average Bonchev–Trinajstić information content (AvgIpc) is 3.13. The van der Waals surface area contributed by atoms with E-state index in [0.717, 1.165) is 20.8 Å². The first-order valence-corrected chi connectivity index (χ1v) is 20.2. The zero-order valence-corrected chi connectivity index (χ0v) is 35.5. The van der Waals surface area contributed by atoms with Gasteiger partial charge in [0.1, 0.15) is 42.2 Å². The minimum absolute atomic E-state index is 0.0529. The largest absolute Gasteiger partial charge is 0.459 e. The van der Waals surface area contributed by atoms with Gasteiger partial charge in [0.2, 0.25) is 12.2 Å². The highest BCUT2D eigenvalue weighted by atomic mass is 31.2. The third-order valence-corrected chi connectivity index (χ3v) is 9.59. The van der Waals surface area contributed by atoms with Gasteiger partial charge in [-0.15, -0.1) is 0 Å². The second-order valence-corrected chi connectivity index (χ2v) is 16.4. The number of rotatable bonds is 18. The molecule has 0 aliphatic carbocycles. The Labute approximate surface area is 346 Å². The van der Waals surface area contributed by atoms with Crippen LogP contribution in [0.2, 0.25) is 0 Å². The summed E-state index contributed by atoms with van der Waals surface area (Å²) in [7, 11) is -4.68. The topological polar surface area (TPSA) is 278 Å². The van der Waals surface area contributed by atoms with Crippen LogP contribution in [0.5, 0.6) is 5.75 Å². The fourth-order valence-electron chi connectivity index (χ4n) is 5.55. The number of benzene rings is 2. The molecule has 21 nitrogen and oxygen atoms in total. The Morgan fingerprint density at radius 2 is 1.48 bits per heavy atom. The molecule has 0 bridgehead atoms. The van der Waals surface area contributed by atoms with Crippen molar-refractivity contribution in [1.82, 2.24) is 10.4 Å². The van der Waals surface area contributed by atoms with Crippen LogP contribution in [0.25, 0.3) is 10.4 Å². The monoisotopic (exact) mass is 862 g/mol. The van der Waals surface area contributed by atoms with E-state index in [1.807, 2.05) is 0 Å². The summed E-state index contributed by atoms with van der Waals surface area (Å²) in [6.45, 7) is 11.7. The maximum absolute atomic E-state index is 14.7. The van der Waals surface area contributed by atoms with E-state index < -0.39 is 111 Å². The molecular weight excluding hydrogens is 811 g/mol. The van der Waals surface area contributed by atoms with Crippen molar-refractivity contribution in [3.05, 3.63) is 70.6 Å². The van der Waals surface area contributed by atoms with E-state index in [4.69, 9.17) is 43.0 Å². The molecule has 2 aromatic rings. The van der Waals surface area contributed by atoms with Crippen LogP contribution in [0, 0.1) is 5.92 Å². The van der Waals surface area contributed by atoms with Gasteiger partial charge >= 0.3 is 37.7 Å². The zero-order chi connectivity index (χ0) is 44.8. The van der Waals surface area contributed by atoms with E-state index in [2.05, 4.69) is 25.7 Å². The normalized spacial score (nSPS) is 20.7. The average molecular weight is 863 g/mol. The minimum Gasteiger partial charge on any atom is -0.457 e. The molecular formula is C38H51N6O15P. The van der Waals surface area contributed by atoms with Crippen LogP contribution in [0.15, 0.2) is 59.7 Å². The Kier molecular flexibility index (Phi) is 17.9. The molecule has 328 valence electrons. The predicted octanol–water partition coefficient (Wildman–Crippen LogP) is 5.40. The van der Waals surface area contributed by atoms with Crippen molar-refractivity contribution >= 4 is 49.3 Å². The van der Waals surface area contributed by atoms with Crippen LogP contribution in [0.4, 0.5) is 10.5 Å². The lowest BCUT2D eigenvalue weighted by atomic mass is 9.96. The molecule has 0 saturated carbocycles. The van der Waals surface area contributed by atoms with E-state index in [-0.39, 0.29) is 5.75 Å². The number of hydrogen-bond donors (Lipinski definition) is 3. The lowest BCUT2D eigenvalue weighted by molar-refractivity contribution is -0.268. The minimum atomic E-state index is -4.68. The fourth-order valence-corrected chi connectivity index (χ4v) is 7.22. The van der Waals surface area contributed by atoms with Crippen molar-refractivity contribution in [3.63, 3.8) is 0 Å². The SMILES string of the molecule is CC(=O)OC1O[C@H](COP(=O)(N[C@H](C(=O)OC(C)c2ccc(NC(=O)OC(C)(C)C)cc2)C(C)C)Oc2ccccc2)[C@@H](OC(C)=O)[C@H](OC(C)=O)[C@@H]1NC(=O)CN=[N+]=[N-]. The maximum Gasteiger partial charge on any atom is 0.459 e. The van der Waals surface area contributed by atoms with E-state index in [9.17, 15) is 33.3 Å². The quantitative estimate of drug-likeness (QED) is 0.0422. The molecule has 3 N–H and O–H groups in total. The number of nitrogens with one attached hydrogen (secondary N) is 3. The Balaban J connectivity index is 1.93. The second-order valence-electron chi connectivity index (χ2n) is 14.7. The van der Waals surface area contributed by atoms with Crippen molar-refractivity contribution < 1.29 is 70.8 Å². The summed E-state index contributed by atoms with van der Waals surface area (Å²) in [5.41, 5.74) is 8.97. The van der Waals surface area contributed by atoms with Gasteiger partial charge in [0.15, 0.2) is 12.2 Å². The number of carbonyl (C=O) groups excluding carboxylic acids is 6. The molecule has 60 heavy (non-hydrogen) atoms. The first-order chi connectivity index (χ1) is 28.1. The third kappa shape index (κ3) is 15.8. The number of esters is 4. The number of anilines is 1.